The zero-order valence-electron chi connectivity index (χ0n) is 10.2. The Morgan fingerprint density at radius 3 is 2.76 bits per heavy atom. The molecule has 1 aliphatic rings. The largest absolute Gasteiger partial charge is 0.323 e. The molecular formula is C15H17NS. The van der Waals surface area contributed by atoms with Crippen LogP contribution in [0.5, 0.6) is 0 Å². The molecule has 0 bridgehead atoms. The lowest BCUT2D eigenvalue weighted by atomic mass is 9.89. The molecule has 0 aliphatic carbocycles. The Bertz CT molecular complexity index is 574. The molecule has 1 nitrogen and oxygen atoms in total. The summed E-state index contributed by atoms with van der Waals surface area (Å²) < 4.78 is 0.134. The second-order valence-electron chi connectivity index (χ2n) is 5.22. The van der Waals surface area contributed by atoms with Crippen molar-refractivity contribution in [3.05, 3.63) is 47.5 Å². The molecule has 88 valence electrons. The maximum Gasteiger partial charge on any atom is 0.0442 e. The van der Waals surface area contributed by atoms with Crippen LogP contribution >= 0.6 is 11.8 Å². The van der Waals surface area contributed by atoms with Gasteiger partial charge in [0.25, 0.3) is 0 Å². The topological polar surface area (TPSA) is 26.0 Å². The van der Waals surface area contributed by atoms with E-state index in [1.807, 2.05) is 11.8 Å². The standard InChI is InChI=1S/C15H17NS/c1-15(2)14(16)12-8-7-10-5-3-4-6-11(10)13(12)9-17-15/h3-8,14H,9,16H2,1-2H3. The van der Waals surface area contributed by atoms with Crippen molar-refractivity contribution < 1.29 is 0 Å². The van der Waals surface area contributed by atoms with Crippen molar-refractivity contribution in [2.45, 2.75) is 30.4 Å². The molecule has 0 radical (unpaired) electrons. The smallest absolute Gasteiger partial charge is 0.0442 e. The van der Waals surface area contributed by atoms with Crippen molar-refractivity contribution in [2.24, 2.45) is 5.73 Å². The fraction of sp³-hybridized carbons (Fsp3) is 0.333. The van der Waals surface area contributed by atoms with Crippen molar-refractivity contribution in [3.63, 3.8) is 0 Å². The molecule has 17 heavy (non-hydrogen) atoms. The van der Waals surface area contributed by atoms with Crippen molar-refractivity contribution in [1.29, 1.82) is 0 Å². The fourth-order valence-corrected chi connectivity index (χ4v) is 3.67. The van der Waals surface area contributed by atoms with Crippen LogP contribution in [0.15, 0.2) is 36.4 Å². The average molecular weight is 243 g/mol. The number of hydrogen-bond donors (Lipinski definition) is 1. The van der Waals surface area contributed by atoms with Gasteiger partial charge in [0, 0.05) is 16.5 Å². The molecule has 2 aromatic rings. The van der Waals surface area contributed by atoms with Gasteiger partial charge in [-0.2, -0.15) is 0 Å². The summed E-state index contributed by atoms with van der Waals surface area (Å²) in [4.78, 5) is 0. The summed E-state index contributed by atoms with van der Waals surface area (Å²) in [6, 6.07) is 13.1. The van der Waals surface area contributed by atoms with Gasteiger partial charge in [-0.15, -0.1) is 11.8 Å². The van der Waals surface area contributed by atoms with Crippen LogP contribution in [0, 0.1) is 0 Å². The van der Waals surface area contributed by atoms with E-state index in [0.717, 1.165) is 5.75 Å². The van der Waals surface area contributed by atoms with Crippen LogP contribution in [0.3, 0.4) is 0 Å². The van der Waals surface area contributed by atoms with Gasteiger partial charge < -0.3 is 5.73 Å². The van der Waals surface area contributed by atoms with Crippen molar-refractivity contribution in [2.75, 3.05) is 0 Å². The molecule has 0 spiro atoms. The zero-order chi connectivity index (χ0) is 12.0. The van der Waals surface area contributed by atoms with Crippen molar-refractivity contribution in [1.82, 2.24) is 0 Å². The summed E-state index contributed by atoms with van der Waals surface area (Å²) in [5, 5.41) is 2.68. The lowest BCUT2D eigenvalue weighted by Crippen LogP contribution is -2.36. The van der Waals surface area contributed by atoms with Gasteiger partial charge in [0.2, 0.25) is 0 Å². The highest BCUT2D eigenvalue weighted by Crippen LogP contribution is 2.46. The number of thioether (sulfide) groups is 1. The highest BCUT2D eigenvalue weighted by molar-refractivity contribution is 8.00. The molecule has 1 atom stereocenters. The molecule has 3 rings (SSSR count). The first kappa shape index (κ1) is 11.1. The maximum absolute atomic E-state index is 6.39. The van der Waals surface area contributed by atoms with Gasteiger partial charge in [-0.1, -0.05) is 36.4 Å². The molecule has 2 aromatic carbocycles. The van der Waals surface area contributed by atoms with E-state index >= 15 is 0 Å². The average Bonchev–Trinajstić information content (AvgIpc) is 2.33. The molecule has 1 unspecified atom stereocenters. The number of hydrogen-bond acceptors (Lipinski definition) is 2. The third-order valence-electron chi connectivity index (χ3n) is 3.75. The Balaban J connectivity index is 2.26. The summed E-state index contributed by atoms with van der Waals surface area (Å²) in [5.74, 6) is 1.07. The molecule has 0 aromatic heterocycles. The van der Waals surface area contributed by atoms with Gasteiger partial charge in [0.1, 0.15) is 0 Å². The van der Waals surface area contributed by atoms with E-state index < -0.39 is 0 Å². The third kappa shape index (κ3) is 1.67. The summed E-state index contributed by atoms with van der Waals surface area (Å²) in [6.07, 6.45) is 0. The predicted octanol–water partition coefficient (Wildman–Crippen LogP) is 3.87. The van der Waals surface area contributed by atoms with Gasteiger partial charge in [0.05, 0.1) is 0 Å². The molecule has 1 aliphatic heterocycles. The lowest BCUT2D eigenvalue weighted by Gasteiger charge is -2.37. The van der Waals surface area contributed by atoms with Crippen LogP contribution in [0.2, 0.25) is 0 Å². The van der Waals surface area contributed by atoms with E-state index in [0.29, 0.717) is 0 Å². The first-order valence-electron chi connectivity index (χ1n) is 6.00. The molecule has 2 N–H and O–H groups in total. The molecule has 0 saturated carbocycles. The van der Waals surface area contributed by atoms with Crippen LogP contribution in [0.1, 0.15) is 31.0 Å². The first-order valence-corrected chi connectivity index (χ1v) is 6.98. The minimum Gasteiger partial charge on any atom is -0.323 e. The molecule has 1 heterocycles. The fourth-order valence-electron chi connectivity index (χ4n) is 2.53. The van der Waals surface area contributed by atoms with E-state index in [-0.39, 0.29) is 10.8 Å². The Hall–Kier alpha value is -0.990. The van der Waals surface area contributed by atoms with Crippen LogP contribution in [-0.2, 0) is 5.75 Å². The Morgan fingerprint density at radius 1 is 1.18 bits per heavy atom. The van der Waals surface area contributed by atoms with E-state index in [4.69, 9.17) is 5.73 Å². The highest BCUT2D eigenvalue weighted by Gasteiger charge is 2.34. The van der Waals surface area contributed by atoms with Crippen LogP contribution in [0.4, 0.5) is 0 Å². The van der Waals surface area contributed by atoms with E-state index in [9.17, 15) is 0 Å². The molecule has 0 fully saturated rings. The van der Waals surface area contributed by atoms with Crippen LogP contribution < -0.4 is 5.73 Å². The highest BCUT2D eigenvalue weighted by atomic mass is 32.2. The number of fused-ring (bicyclic) bond motifs is 3. The lowest BCUT2D eigenvalue weighted by molar-refractivity contribution is 0.553. The molecule has 2 heteroatoms. The van der Waals surface area contributed by atoms with Gasteiger partial charge >= 0.3 is 0 Å². The van der Waals surface area contributed by atoms with Crippen molar-refractivity contribution in [3.8, 4) is 0 Å². The summed E-state index contributed by atoms with van der Waals surface area (Å²) in [6.45, 7) is 4.47. The Kier molecular flexibility index (Phi) is 2.46. The number of benzene rings is 2. The second-order valence-corrected chi connectivity index (χ2v) is 6.85. The maximum atomic E-state index is 6.39. The normalized spacial score (nSPS) is 22.4. The summed E-state index contributed by atoms with van der Waals surface area (Å²) in [5.41, 5.74) is 9.15. The predicted molar refractivity (Wildman–Crippen MR) is 76.3 cm³/mol. The van der Waals surface area contributed by atoms with Crippen molar-refractivity contribution >= 4 is 22.5 Å². The van der Waals surface area contributed by atoms with Gasteiger partial charge in [-0.3, -0.25) is 0 Å². The zero-order valence-corrected chi connectivity index (χ0v) is 11.1. The molecule has 0 saturated heterocycles. The number of rotatable bonds is 0. The number of nitrogens with two attached hydrogens (primary N) is 1. The Labute approximate surface area is 106 Å². The van der Waals surface area contributed by atoms with Crippen LogP contribution in [-0.4, -0.2) is 4.75 Å². The van der Waals surface area contributed by atoms with Gasteiger partial charge in [-0.25, -0.2) is 0 Å². The quantitative estimate of drug-likeness (QED) is 0.760. The minimum absolute atomic E-state index is 0.126. The van der Waals surface area contributed by atoms with Crippen LogP contribution in [0.25, 0.3) is 10.8 Å². The first-order chi connectivity index (χ1) is 8.09. The molecular weight excluding hydrogens is 226 g/mol. The Morgan fingerprint density at radius 2 is 1.94 bits per heavy atom. The SMILES string of the molecule is CC1(C)SCc2c(ccc3ccccc23)C1N. The molecule has 0 amide bonds. The van der Waals surface area contributed by atoms with E-state index in [2.05, 4.69) is 50.2 Å². The van der Waals surface area contributed by atoms with Gasteiger partial charge in [0.15, 0.2) is 0 Å². The monoisotopic (exact) mass is 243 g/mol. The minimum atomic E-state index is 0.126. The summed E-state index contributed by atoms with van der Waals surface area (Å²) >= 11 is 1.96. The third-order valence-corrected chi connectivity index (χ3v) is 5.18. The van der Waals surface area contributed by atoms with E-state index in [1.54, 1.807) is 0 Å². The van der Waals surface area contributed by atoms with Gasteiger partial charge in [-0.05, 0) is 35.7 Å². The second kappa shape index (κ2) is 3.76. The summed E-state index contributed by atoms with van der Waals surface area (Å²) in [7, 11) is 0. The van der Waals surface area contributed by atoms with E-state index in [1.165, 1.54) is 21.9 Å².